The number of rotatable bonds is 10. The highest BCUT2D eigenvalue weighted by Crippen LogP contribution is 2.45. The minimum Gasteiger partial charge on any atom is -0.462 e. The van der Waals surface area contributed by atoms with Crippen LogP contribution in [0.25, 0.3) is 11.1 Å². The van der Waals surface area contributed by atoms with Crippen molar-refractivity contribution in [2.75, 3.05) is 13.1 Å². The third-order valence-electron chi connectivity index (χ3n) is 7.20. The Balaban J connectivity index is 1.40. The molecule has 7 nitrogen and oxygen atoms in total. The second-order valence-corrected chi connectivity index (χ2v) is 9.70. The second-order valence-electron chi connectivity index (χ2n) is 9.70. The van der Waals surface area contributed by atoms with E-state index in [1.54, 1.807) is 17.0 Å². The fourth-order valence-electron chi connectivity index (χ4n) is 5.37. The lowest BCUT2D eigenvalue weighted by Crippen LogP contribution is -2.35. The van der Waals surface area contributed by atoms with Crippen LogP contribution in [0.3, 0.4) is 0 Å². The predicted octanol–water partition coefficient (Wildman–Crippen LogP) is 4.44. The molecule has 1 aliphatic heterocycles. The van der Waals surface area contributed by atoms with Gasteiger partial charge in [-0.05, 0) is 36.1 Å². The summed E-state index contributed by atoms with van der Waals surface area (Å²) in [7, 11) is 0. The lowest BCUT2D eigenvalue weighted by atomic mass is 9.87. The van der Waals surface area contributed by atoms with E-state index in [4.69, 9.17) is 9.47 Å². The third-order valence-corrected chi connectivity index (χ3v) is 7.20. The van der Waals surface area contributed by atoms with E-state index in [9.17, 15) is 19.2 Å². The SMILES string of the molecule is CCCN(CC(=O)CCC1C(OC(=O)c2ccc(-c3ccccc3)cc2)CC2OC(=O)CC21)C(C)=O. The highest BCUT2D eigenvalue weighted by molar-refractivity contribution is 5.90. The summed E-state index contributed by atoms with van der Waals surface area (Å²) in [6.07, 6.45) is 1.53. The average molecular weight is 492 g/mol. The second kappa shape index (κ2) is 11.5. The number of nitrogens with zero attached hydrogens (tertiary/aromatic N) is 1. The first-order chi connectivity index (χ1) is 17.4. The highest BCUT2D eigenvalue weighted by atomic mass is 16.6. The molecule has 2 aromatic carbocycles. The van der Waals surface area contributed by atoms with Gasteiger partial charge in [0.2, 0.25) is 5.91 Å². The molecule has 4 rings (SSSR count). The van der Waals surface area contributed by atoms with Gasteiger partial charge in [-0.1, -0.05) is 49.4 Å². The van der Waals surface area contributed by atoms with Crippen LogP contribution in [0.5, 0.6) is 0 Å². The topological polar surface area (TPSA) is 90.0 Å². The van der Waals surface area contributed by atoms with Gasteiger partial charge in [0, 0.05) is 38.1 Å². The van der Waals surface area contributed by atoms with Crippen LogP contribution in [-0.2, 0) is 23.9 Å². The number of fused-ring (bicyclic) bond motifs is 1. The maximum Gasteiger partial charge on any atom is 0.338 e. The molecule has 0 spiro atoms. The Kier molecular flexibility index (Phi) is 8.18. The van der Waals surface area contributed by atoms with E-state index in [-0.39, 0.29) is 55.0 Å². The Labute approximate surface area is 211 Å². The van der Waals surface area contributed by atoms with Crippen molar-refractivity contribution in [3.05, 3.63) is 60.2 Å². The Morgan fingerprint density at radius 1 is 1.03 bits per heavy atom. The van der Waals surface area contributed by atoms with Gasteiger partial charge in [-0.25, -0.2) is 4.79 Å². The summed E-state index contributed by atoms with van der Waals surface area (Å²) in [5, 5.41) is 0. The number of amides is 1. The summed E-state index contributed by atoms with van der Waals surface area (Å²) in [6.45, 7) is 4.05. The van der Waals surface area contributed by atoms with Crippen LogP contribution in [0.2, 0.25) is 0 Å². The number of ether oxygens (including phenoxy) is 2. The Hall–Kier alpha value is -3.48. The van der Waals surface area contributed by atoms with E-state index in [2.05, 4.69) is 0 Å². The van der Waals surface area contributed by atoms with Crippen molar-refractivity contribution in [3.63, 3.8) is 0 Å². The zero-order valence-corrected chi connectivity index (χ0v) is 20.9. The number of Topliss-reactive ketones (excluding diaryl/α,β-unsaturated/α-hetero) is 1. The molecule has 4 unspecified atom stereocenters. The van der Waals surface area contributed by atoms with E-state index in [1.807, 2.05) is 49.4 Å². The van der Waals surface area contributed by atoms with Crippen LogP contribution in [0.15, 0.2) is 54.6 Å². The summed E-state index contributed by atoms with van der Waals surface area (Å²) in [5.41, 5.74) is 2.53. The van der Waals surface area contributed by atoms with Gasteiger partial charge in [0.05, 0.1) is 18.5 Å². The molecule has 36 heavy (non-hydrogen) atoms. The van der Waals surface area contributed by atoms with Gasteiger partial charge in [-0.3, -0.25) is 14.4 Å². The molecule has 190 valence electrons. The first kappa shape index (κ1) is 25.6. The van der Waals surface area contributed by atoms with E-state index in [0.717, 1.165) is 17.5 Å². The monoisotopic (exact) mass is 491 g/mol. The molecule has 2 aromatic rings. The van der Waals surface area contributed by atoms with Crippen molar-refractivity contribution in [3.8, 4) is 11.1 Å². The number of benzene rings is 2. The van der Waals surface area contributed by atoms with Crippen molar-refractivity contribution in [2.24, 2.45) is 11.8 Å². The summed E-state index contributed by atoms with van der Waals surface area (Å²) < 4.78 is 11.4. The molecule has 0 aromatic heterocycles. The summed E-state index contributed by atoms with van der Waals surface area (Å²) in [5.74, 6) is -1.03. The van der Waals surface area contributed by atoms with Gasteiger partial charge in [0.15, 0.2) is 5.78 Å². The minimum absolute atomic E-state index is 0.0334. The smallest absolute Gasteiger partial charge is 0.338 e. The number of esters is 2. The first-order valence-electron chi connectivity index (χ1n) is 12.7. The number of hydrogen-bond acceptors (Lipinski definition) is 6. The van der Waals surface area contributed by atoms with Gasteiger partial charge in [-0.2, -0.15) is 0 Å². The van der Waals surface area contributed by atoms with Gasteiger partial charge >= 0.3 is 11.9 Å². The van der Waals surface area contributed by atoms with Gasteiger partial charge in [0.1, 0.15) is 12.2 Å². The Morgan fingerprint density at radius 3 is 2.39 bits per heavy atom. The highest BCUT2D eigenvalue weighted by Gasteiger charge is 2.51. The van der Waals surface area contributed by atoms with Crippen LogP contribution in [-0.4, -0.2) is 53.8 Å². The molecule has 0 bridgehead atoms. The Bertz CT molecular complexity index is 1100. The summed E-state index contributed by atoms with van der Waals surface area (Å²) >= 11 is 0. The van der Waals surface area contributed by atoms with Crippen molar-refractivity contribution >= 4 is 23.6 Å². The Morgan fingerprint density at radius 2 is 1.72 bits per heavy atom. The predicted molar refractivity (Wildman–Crippen MR) is 134 cm³/mol. The molecule has 0 N–H and O–H groups in total. The van der Waals surface area contributed by atoms with Crippen molar-refractivity contribution in [1.82, 2.24) is 4.90 Å². The lowest BCUT2D eigenvalue weighted by molar-refractivity contribution is -0.142. The molecule has 1 saturated carbocycles. The van der Waals surface area contributed by atoms with Crippen LogP contribution in [0.1, 0.15) is 56.3 Å². The molecule has 7 heteroatoms. The normalized spacial score (nSPS) is 22.6. The van der Waals surface area contributed by atoms with Crippen LogP contribution < -0.4 is 0 Å². The van der Waals surface area contributed by atoms with Crippen molar-refractivity contribution in [1.29, 1.82) is 0 Å². The molecule has 1 aliphatic carbocycles. The largest absolute Gasteiger partial charge is 0.462 e. The summed E-state index contributed by atoms with van der Waals surface area (Å²) in [6, 6.07) is 17.2. The van der Waals surface area contributed by atoms with Crippen molar-refractivity contribution in [2.45, 2.75) is 58.2 Å². The molecule has 1 saturated heterocycles. The van der Waals surface area contributed by atoms with Crippen molar-refractivity contribution < 1.29 is 28.7 Å². The number of ketones is 1. The van der Waals surface area contributed by atoms with Crippen LogP contribution in [0, 0.1) is 11.8 Å². The standard InChI is InChI=1S/C29H33NO6/c1-3-15-30(19(2)31)18-23(32)13-14-24-25-16-28(33)35-27(25)17-26(24)36-29(34)22-11-9-21(10-12-22)20-7-5-4-6-8-20/h4-12,24-27H,3,13-18H2,1-2H3. The zero-order chi connectivity index (χ0) is 25.7. The average Bonchev–Trinajstić information content (AvgIpc) is 3.38. The zero-order valence-electron chi connectivity index (χ0n) is 20.9. The molecular formula is C29H33NO6. The fraction of sp³-hybridized carbons (Fsp3) is 0.448. The van der Waals surface area contributed by atoms with E-state index < -0.39 is 12.1 Å². The lowest BCUT2D eigenvalue weighted by Gasteiger charge is -2.24. The molecule has 2 aliphatic rings. The molecule has 0 radical (unpaired) electrons. The molecular weight excluding hydrogens is 458 g/mol. The van der Waals surface area contributed by atoms with Crippen LogP contribution in [0.4, 0.5) is 0 Å². The van der Waals surface area contributed by atoms with E-state index >= 15 is 0 Å². The first-order valence-corrected chi connectivity index (χ1v) is 12.7. The maximum absolute atomic E-state index is 13.0. The minimum atomic E-state index is -0.429. The van der Waals surface area contributed by atoms with Gasteiger partial charge in [-0.15, -0.1) is 0 Å². The van der Waals surface area contributed by atoms with Crippen LogP contribution >= 0.6 is 0 Å². The molecule has 1 heterocycles. The maximum atomic E-state index is 13.0. The number of carbonyl (C=O) groups is 4. The molecule has 1 amide bonds. The molecule has 4 atom stereocenters. The number of carbonyl (C=O) groups excluding carboxylic acids is 4. The van der Waals surface area contributed by atoms with E-state index in [1.165, 1.54) is 6.92 Å². The quantitative estimate of drug-likeness (QED) is 0.457. The van der Waals surface area contributed by atoms with E-state index in [0.29, 0.717) is 24.9 Å². The third kappa shape index (κ3) is 6.01. The number of hydrogen-bond donors (Lipinski definition) is 0. The summed E-state index contributed by atoms with van der Waals surface area (Å²) in [4.78, 5) is 50.8. The van der Waals surface area contributed by atoms with Gasteiger partial charge < -0.3 is 14.4 Å². The fourth-order valence-corrected chi connectivity index (χ4v) is 5.37. The molecule has 2 fully saturated rings. The van der Waals surface area contributed by atoms with Gasteiger partial charge in [0.25, 0.3) is 0 Å².